The van der Waals surface area contributed by atoms with Crippen molar-refractivity contribution in [2.24, 2.45) is 0 Å². The molecule has 150 valence electrons. The number of likely N-dealkylation sites (tertiary alicyclic amines) is 1. The second kappa shape index (κ2) is 8.27. The summed E-state index contributed by atoms with van der Waals surface area (Å²) < 4.78 is 12.4. The summed E-state index contributed by atoms with van der Waals surface area (Å²) in [6, 6.07) is 11.8. The van der Waals surface area contributed by atoms with Crippen LogP contribution in [0.15, 0.2) is 40.8 Å². The van der Waals surface area contributed by atoms with Crippen molar-refractivity contribution in [3.8, 4) is 11.3 Å². The van der Waals surface area contributed by atoms with Gasteiger partial charge in [-0.15, -0.1) is 0 Å². The number of amides is 1. The van der Waals surface area contributed by atoms with Gasteiger partial charge in [0, 0.05) is 37.1 Å². The molecule has 1 aromatic heterocycles. The fourth-order valence-corrected chi connectivity index (χ4v) is 4.45. The van der Waals surface area contributed by atoms with Gasteiger partial charge in [-0.05, 0) is 49.9 Å². The van der Waals surface area contributed by atoms with E-state index in [1.165, 1.54) is 0 Å². The maximum absolute atomic E-state index is 11.1. The Hall–Kier alpha value is -1.82. The number of benzene rings is 1. The average molecular weight is 403 g/mol. The van der Waals surface area contributed by atoms with Crippen LogP contribution in [0.4, 0.5) is 0 Å². The summed E-state index contributed by atoms with van der Waals surface area (Å²) in [5.74, 6) is 1.84. The zero-order valence-corrected chi connectivity index (χ0v) is 17.0. The maximum Gasteiger partial charge on any atom is 0.216 e. The van der Waals surface area contributed by atoms with E-state index in [0.29, 0.717) is 11.6 Å². The van der Waals surface area contributed by atoms with Crippen molar-refractivity contribution in [1.29, 1.82) is 0 Å². The number of hydrogen-bond donors (Lipinski definition) is 1. The predicted octanol–water partition coefficient (Wildman–Crippen LogP) is 4.25. The molecule has 2 aromatic rings. The lowest BCUT2D eigenvalue weighted by atomic mass is 9.88. The minimum atomic E-state index is -0.00521. The Morgan fingerprint density at radius 2 is 2.07 bits per heavy atom. The SMILES string of the molecule is CC(=O)NC[C@H]1CCC2(CCN(Cc3ccc(-c4cccc(Cl)c4)o3)CC2)O1. The van der Waals surface area contributed by atoms with E-state index in [0.717, 1.165) is 62.4 Å². The Kier molecular flexibility index (Phi) is 5.76. The van der Waals surface area contributed by atoms with Crippen LogP contribution >= 0.6 is 11.6 Å². The molecule has 0 aliphatic carbocycles. The fraction of sp³-hybridized carbons (Fsp3) is 0.500. The van der Waals surface area contributed by atoms with Gasteiger partial charge >= 0.3 is 0 Å². The Balaban J connectivity index is 1.29. The zero-order chi connectivity index (χ0) is 19.6. The molecule has 1 atom stereocenters. The number of carbonyl (C=O) groups is 1. The molecule has 1 spiro atoms. The van der Waals surface area contributed by atoms with Crippen molar-refractivity contribution in [2.75, 3.05) is 19.6 Å². The predicted molar refractivity (Wildman–Crippen MR) is 109 cm³/mol. The van der Waals surface area contributed by atoms with E-state index in [-0.39, 0.29) is 17.6 Å². The number of rotatable bonds is 5. The lowest BCUT2D eigenvalue weighted by Gasteiger charge is -2.38. The quantitative estimate of drug-likeness (QED) is 0.812. The van der Waals surface area contributed by atoms with Crippen LogP contribution < -0.4 is 5.32 Å². The van der Waals surface area contributed by atoms with Gasteiger partial charge in [-0.1, -0.05) is 23.7 Å². The molecule has 1 aromatic carbocycles. The summed E-state index contributed by atoms with van der Waals surface area (Å²) in [5, 5.41) is 3.59. The Labute approximate surface area is 171 Å². The molecule has 28 heavy (non-hydrogen) atoms. The Morgan fingerprint density at radius 1 is 1.25 bits per heavy atom. The molecule has 2 fully saturated rings. The van der Waals surface area contributed by atoms with Crippen LogP contribution in [0.25, 0.3) is 11.3 Å². The highest BCUT2D eigenvalue weighted by Crippen LogP contribution is 2.39. The summed E-state index contributed by atoms with van der Waals surface area (Å²) in [4.78, 5) is 13.5. The minimum absolute atomic E-state index is 0.00521. The molecule has 0 bridgehead atoms. The summed E-state index contributed by atoms with van der Waals surface area (Å²) in [5.41, 5.74) is 0.996. The van der Waals surface area contributed by atoms with Crippen molar-refractivity contribution in [2.45, 2.75) is 50.9 Å². The van der Waals surface area contributed by atoms with Crippen LogP contribution in [-0.4, -0.2) is 42.1 Å². The highest BCUT2D eigenvalue weighted by molar-refractivity contribution is 6.30. The van der Waals surface area contributed by atoms with Gasteiger partial charge in [0.25, 0.3) is 0 Å². The highest BCUT2D eigenvalue weighted by atomic mass is 35.5. The normalized spacial score (nSPS) is 21.9. The van der Waals surface area contributed by atoms with Gasteiger partial charge in [0.05, 0.1) is 18.2 Å². The molecule has 5 nitrogen and oxygen atoms in total. The summed E-state index contributed by atoms with van der Waals surface area (Å²) >= 11 is 6.08. The number of nitrogens with zero attached hydrogens (tertiary/aromatic N) is 1. The molecule has 1 N–H and O–H groups in total. The fourth-order valence-electron chi connectivity index (χ4n) is 4.26. The number of ether oxygens (including phenoxy) is 1. The lowest BCUT2D eigenvalue weighted by Crippen LogP contribution is -2.44. The topological polar surface area (TPSA) is 54.7 Å². The summed E-state index contributed by atoms with van der Waals surface area (Å²) in [7, 11) is 0. The van der Waals surface area contributed by atoms with Gasteiger partial charge in [0.15, 0.2) is 0 Å². The smallest absolute Gasteiger partial charge is 0.216 e. The van der Waals surface area contributed by atoms with E-state index in [1.807, 2.05) is 30.3 Å². The van der Waals surface area contributed by atoms with Crippen molar-refractivity contribution in [1.82, 2.24) is 10.2 Å². The number of furan rings is 1. The van der Waals surface area contributed by atoms with E-state index in [2.05, 4.69) is 16.3 Å². The number of halogens is 1. The number of hydrogen-bond acceptors (Lipinski definition) is 4. The summed E-state index contributed by atoms with van der Waals surface area (Å²) in [6.07, 6.45) is 4.34. The van der Waals surface area contributed by atoms with Crippen LogP contribution in [0.3, 0.4) is 0 Å². The number of carbonyl (C=O) groups excluding carboxylic acids is 1. The third-order valence-electron chi connectivity index (χ3n) is 5.83. The molecule has 2 aliphatic heterocycles. The third-order valence-corrected chi connectivity index (χ3v) is 6.07. The maximum atomic E-state index is 11.1. The minimum Gasteiger partial charge on any atom is -0.460 e. The van der Waals surface area contributed by atoms with Crippen molar-refractivity contribution in [3.05, 3.63) is 47.2 Å². The molecule has 4 rings (SSSR count). The first-order valence-electron chi connectivity index (χ1n) is 10.0. The second-order valence-corrected chi connectivity index (χ2v) is 8.39. The first-order chi connectivity index (χ1) is 13.5. The molecule has 3 heterocycles. The van der Waals surface area contributed by atoms with E-state index < -0.39 is 0 Å². The van der Waals surface area contributed by atoms with Crippen molar-refractivity contribution >= 4 is 17.5 Å². The van der Waals surface area contributed by atoms with E-state index in [4.69, 9.17) is 20.8 Å². The van der Waals surface area contributed by atoms with E-state index in [9.17, 15) is 4.79 Å². The van der Waals surface area contributed by atoms with Gasteiger partial charge in [-0.3, -0.25) is 9.69 Å². The number of nitrogens with one attached hydrogen (secondary N) is 1. The van der Waals surface area contributed by atoms with E-state index >= 15 is 0 Å². The van der Waals surface area contributed by atoms with Gasteiger partial charge in [-0.25, -0.2) is 0 Å². The average Bonchev–Trinajstić information content (AvgIpc) is 3.30. The molecule has 1 amide bonds. The van der Waals surface area contributed by atoms with Gasteiger partial charge < -0.3 is 14.5 Å². The van der Waals surface area contributed by atoms with Gasteiger partial charge in [-0.2, -0.15) is 0 Å². The number of piperidine rings is 1. The van der Waals surface area contributed by atoms with Gasteiger partial charge in [0.1, 0.15) is 11.5 Å². The highest BCUT2D eigenvalue weighted by Gasteiger charge is 2.42. The molecule has 0 radical (unpaired) electrons. The van der Waals surface area contributed by atoms with Crippen LogP contribution in [0.1, 0.15) is 38.4 Å². The van der Waals surface area contributed by atoms with E-state index in [1.54, 1.807) is 6.92 Å². The first-order valence-corrected chi connectivity index (χ1v) is 10.4. The standard InChI is InChI=1S/C22H27ClN2O3/c1-16(26)24-14-19-7-8-22(28-19)9-11-25(12-10-22)15-20-5-6-21(27-20)17-3-2-4-18(23)13-17/h2-6,13,19H,7-12,14-15H2,1H3,(H,24,26)/t19-/m1/s1. The second-order valence-electron chi connectivity index (χ2n) is 7.95. The Morgan fingerprint density at radius 3 is 2.82 bits per heavy atom. The molecule has 0 unspecified atom stereocenters. The van der Waals surface area contributed by atoms with Crippen LogP contribution in [0.5, 0.6) is 0 Å². The first kappa shape index (κ1) is 19.5. The summed E-state index contributed by atoms with van der Waals surface area (Å²) in [6.45, 7) is 4.99. The lowest BCUT2D eigenvalue weighted by molar-refractivity contribution is -0.120. The largest absolute Gasteiger partial charge is 0.460 e. The van der Waals surface area contributed by atoms with Crippen LogP contribution in [0.2, 0.25) is 5.02 Å². The third kappa shape index (κ3) is 4.59. The Bertz CT molecular complexity index is 827. The monoisotopic (exact) mass is 402 g/mol. The van der Waals surface area contributed by atoms with Crippen LogP contribution in [0, 0.1) is 0 Å². The molecule has 2 saturated heterocycles. The van der Waals surface area contributed by atoms with Crippen molar-refractivity contribution < 1.29 is 13.9 Å². The van der Waals surface area contributed by atoms with Crippen LogP contribution in [-0.2, 0) is 16.1 Å². The molecular formula is C22H27ClN2O3. The van der Waals surface area contributed by atoms with Gasteiger partial charge in [0.2, 0.25) is 5.91 Å². The zero-order valence-electron chi connectivity index (χ0n) is 16.2. The van der Waals surface area contributed by atoms with Crippen molar-refractivity contribution in [3.63, 3.8) is 0 Å². The molecule has 2 aliphatic rings. The molecule has 6 heteroatoms. The molecular weight excluding hydrogens is 376 g/mol. The molecule has 0 saturated carbocycles.